The SMILES string of the molecule is CC(Sc1nc(-c2ccccc2)cc(C(F)(F)F)n1)C(=O)NC(C)c1ccccc1. The van der Waals surface area contributed by atoms with Crippen molar-refractivity contribution in [3.05, 3.63) is 78.0 Å². The van der Waals surface area contributed by atoms with E-state index in [1.165, 1.54) is 0 Å². The van der Waals surface area contributed by atoms with Gasteiger partial charge in [-0.15, -0.1) is 0 Å². The lowest BCUT2D eigenvalue weighted by Gasteiger charge is -2.18. The first-order chi connectivity index (χ1) is 14.2. The number of hydrogen-bond donors (Lipinski definition) is 1. The zero-order chi connectivity index (χ0) is 21.7. The zero-order valence-corrected chi connectivity index (χ0v) is 17.2. The normalized spacial score (nSPS) is 13.5. The Balaban J connectivity index is 1.80. The maximum Gasteiger partial charge on any atom is 0.433 e. The number of hydrogen-bond acceptors (Lipinski definition) is 4. The van der Waals surface area contributed by atoms with E-state index in [1.54, 1.807) is 37.3 Å². The second-order valence-electron chi connectivity index (χ2n) is 6.69. The Hall–Kier alpha value is -2.87. The number of rotatable bonds is 6. The molecule has 1 N–H and O–H groups in total. The van der Waals surface area contributed by atoms with Crippen LogP contribution in [0.3, 0.4) is 0 Å². The summed E-state index contributed by atoms with van der Waals surface area (Å²) in [6.07, 6.45) is -4.62. The third kappa shape index (κ3) is 5.60. The Morgan fingerprint density at radius 1 is 0.967 bits per heavy atom. The predicted octanol–water partition coefficient (Wildman–Crippen LogP) is 5.52. The van der Waals surface area contributed by atoms with E-state index in [-0.39, 0.29) is 22.8 Å². The molecule has 156 valence electrons. The summed E-state index contributed by atoms with van der Waals surface area (Å²) in [5.41, 5.74) is 0.599. The fraction of sp³-hybridized carbons (Fsp3) is 0.227. The number of amides is 1. The average Bonchev–Trinajstić information content (AvgIpc) is 2.74. The molecule has 8 heteroatoms. The van der Waals surface area contributed by atoms with Gasteiger partial charge in [-0.3, -0.25) is 4.79 Å². The van der Waals surface area contributed by atoms with E-state index in [4.69, 9.17) is 0 Å². The van der Waals surface area contributed by atoms with Gasteiger partial charge in [0.2, 0.25) is 5.91 Å². The first-order valence-corrected chi connectivity index (χ1v) is 10.2. The predicted molar refractivity (Wildman–Crippen MR) is 111 cm³/mol. The van der Waals surface area contributed by atoms with Gasteiger partial charge in [-0.05, 0) is 25.5 Å². The summed E-state index contributed by atoms with van der Waals surface area (Å²) in [6, 6.07) is 18.7. The van der Waals surface area contributed by atoms with E-state index in [9.17, 15) is 18.0 Å². The molecule has 0 fully saturated rings. The number of aromatic nitrogens is 2. The third-order valence-electron chi connectivity index (χ3n) is 4.38. The minimum absolute atomic E-state index is 0.0984. The molecule has 1 amide bonds. The van der Waals surface area contributed by atoms with Crippen LogP contribution in [0.5, 0.6) is 0 Å². The van der Waals surface area contributed by atoms with Gasteiger partial charge in [-0.1, -0.05) is 72.4 Å². The molecule has 4 nitrogen and oxygen atoms in total. The molecule has 1 aromatic heterocycles. The number of carbonyl (C=O) groups excluding carboxylic acids is 1. The highest BCUT2D eigenvalue weighted by Crippen LogP contribution is 2.33. The standard InChI is InChI=1S/C22H20F3N3OS/c1-14(16-9-5-3-6-10-16)26-20(29)15(2)30-21-27-18(17-11-7-4-8-12-17)13-19(28-21)22(23,24)25/h3-15H,1-2H3,(H,26,29). The summed E-state index contributed by atoms with van der Waals surface area (Å²) < 4.78 is 40.0. The lowest BCUT2D eigenvalue weighted by Crippen LogP contribution is -2.33. The quantitative estimate of drug-likeness (QED) is 0.412. The number of nitrogens with zero attached hydrogens (tertiary/aromatic N) is 2. The van der Waals surface area contributed by atoms with Crippen LogP contribution in [0.25, 0.3) is 11.3 Å². The smallest absolute Gasteiger partial charge is 0.349 e. The number of alkyl halides is 3. The summed E-state index contributed by atoms with van der Waals surface area (Å²) >= 11 is 0.894. The van der Waals surface area contributed by atoms with Crippen LogP contribution < -0.4 is 5.32 Å². The van der Waals surface area contributed by atoms with E-state index in [0.29, 0.717) is 5.56 Å². The Morgan fingerprint density at radius 3 is 2.17 bits per heavy atom. The Morgan fingerprint density at radius 2 is 1.57 bits per heavy atom. The topological polar surface area (TPSA) is 54.9 Å². The highest BCUT2D eigenvalue weighted by Gasteiger charge is 2.34. The summed E-state index contributed by atoms with van der Waals surface area (Å²) in [6.45, 7) is 3.46. The Bertz CT molecular complexity index is 998. The van der Waals surface area contributed by atoms with Gasteiger partial charge < -0.3 is 5.32 Å². The largest absolute Gasteiger partial charge is 0.433 e. The van der Waals surface area contributed by atoms with E-state index >= 15 is 0 Å². The molecule has 3 rings (SSSR count). The summed E-state index contributed by atoms with van der Waals surface area (Å²) in [5, 5.41) is 2.09. The van der Waals surface area contributed by atoms with E-state index < -0.39 is 17.1 Å². The molecular formula is C22H20F3N3OS. The molecule has 0 saturated heterocycles. The summed E-state index contributed by atoms with van der Waals surface area (Å²) in [7, 11) is 0. The van der Waals surface area contributed by atoms with E-state index in [1.807, 2.05) is 37.3 Å². The second kappa shape index (κ2) is 9.30. The highest BCUT2D eigenvalue weighted by molar-refractivity contribution is 8.00. The van der Waals surface area contributed by atoms with Crippen LogP contribution >= 0.6 is 11.8 Å². The number of carbonyl (C=O) groups is 1. The summed E-state index contributed by atoms with van der Waals surface area (Å²) in [5.74, 6) is -0.307. The van der Waals surface area contributed by atoms with Gasteiger partial charge >= 0.3 is 6.18 Å². The number of nitrogens with one attached hydrogen (secondary N) is 1. The first-order valence-electron chi connectivity index (χ1n) is 9.27. The minimum Gasteiger partial charge on any atom is -0.349 e. The lowest BCUT2D eigenvalue weighted by atomic mass is 10.1. The molecule has 2 atom stereocenters. The molecule has 1 heterocycles. The molecule has 0 aliphatic carbocycles. The van der Waals surface area contributed by atoms with Crippen molar-refractivity contribution in [2.45, 2.75) is 36.5 Å². The fourth-order valence-electron chi connectivity index (χ4n) is 2.75. The van der Waals surface area contributed by atoms with Crippen molar-refractivity contribution >= 4 is 17.7 Å². The van der Waals surface area contributed by atoms with Gasteiger partial charge in [0.25, 0.3) is 0 Å². The van der Waals surface area contributed by atoms with Gasteiger partial charge in [-0.2, -0.15) is 13.2 Å². The average molecular weight is 431 g/mol. The number of benzene rings is 2. The van der Waals surface area contributed by atoms with Gasteiger partial charge in [0.05, 0.1) is 17.0 Å². The molecular weight excluding hydrogens is 411 g/mol. The van der Waals surface area contributed by atoms with Crippen LogP contribution in [-0.4, -0.2) is 21.1 Å². The van der Waals surface area contributed by atoms with Crippen LogP contribution in [-0.2, 0) is 11.0 Å². The van der Waals surface area contributed by atoms with Crippen molar-refractivity contribution in [3.63, 3.8) is 0 Å². The molecule has 0 aliphatic rings. The van der Waals surface area contributed by atoms with Crippen LogP contribution in [0, 0.1) is 0 Å². The molecule has 30 heavy (non-hydrogen) atoms. The molecule has 2 unspecified atom stereocenters. The van der Waals surface area contributed by atoms with Crippen LogP contribution in [0.4, 0.5) is 13.2 Å². The third-order valence-corrected chi connectivity index (χ3v) is 5.34. The molecule has 0 aliphatic heterocycles. The molecule has 2 aromatic carbocycles. The minimum atomic E-state index is -4.62. The molecule has 3 aromatic rings. The van der Waals surface area contributed by atoms with Crippen molar-refractivity contribution < 1.29 is 18.0 Å². The van der Waals surface area contributed by atoms with E-state index in [2.05, 4.69) is 15.3 Å². The highest BCUT2D eigenvalue weighted by atomic mass is 32.2. The molecule has 0 spiro atoms. The van der Waals surface area contributed by atoms with Gasteiger partial charge in [0.15, 0.2) is 5.16 Å². The van der Waals surface area contributed by atoms with Crippen molar-refractivity contribution in [3.8, 4) is 11.3 Å². The monoisotopic (exact) mass is 431 g/mol. The molecule has 0 saturated carbocycles. The van der Waals surface area contributed by atoms with Gasteiger partial charge in [0, 0.05) is 5.56 Å². The van der Waals surface area contributed by atoms with Crippen molar-refractivity contribution in [1.82, 2.24) is 15.3 Å². The second-order valence-corrected chi connectivity index (χ2v) is 7.99. The first kappa shape index (κ1) is 21.8. The molecule has 0 radical (unpaired) electrons. The number of thioether (sulfide) groups is 1. The lowest BCUT2D eigenvalue weighted by molar-refractivity contribution is -0.141. The Labute approximate surface area is 177 Å². The Kier molecular flexibility index (Phi) is 6.77. The fourth-order valence-corrected chi connectivity index (χ4v) is 3.54. The van der Waals surface area contributed by atoms with E-state index in [0.717, 1.165) is 23.4 Å². The van der Waals surface area contributed by atoms with Gasteiger partial charge in [0.1, 0.15) is 5.69 Å². The van der Waals surface area contributed by atoms with Crippen molar-refractivity contribution in [2.75, 3.05) is 0 Å². The van der Waals surface area contributed by atoms with Crippen LogP contribution in [0.15, 0.2) is 71.9 Å². The van der Waals surface area contributed by atoms with Crippen LogP contribution in [0.2, 0.25) is 0 Å². The van der Waals surface area contributed by atoms with Crippen LogP contribution in [0.1, 0.15) is 31.1 Å². The van der Waals surface area contributed by atoms with Crippen molar-refractivity contribution in [1.29, 1.82) is 0 Å². The summed E-state index contributed by atoms with van der Waals surface area (Å²) in [4.78, 5) is 20.4. The van der Waals surface area contributed by atoms with Crippen molar-refractivity contribution in [2.24, 2.45) is 0 Å². The maximum absolute atomic E-state index is 13.3. The number of halogens is 3. The zero-order valence-electron chi connectivity index (χ0n) is 16.4. The maximum atomic E-state index is 13.3. The molecule has 0 bridgehead atoms. The van der Waals surface area contributed by atoms with Gasteiger partial charge in [-0.25, -0.2) is 9.97 Å².